The van der Waals surface area contributed by atoms with E-state index in [4.69, 9.17) is 0 Å². The maximum absolute atomic E-state index is 11.0. The predicted molar refractivity (Wildman–Crippen MR) is 36.9 cm³/mol. The van der Waals surface area contributed by atoms with Crippen molar-refractivity contribution in [1.82, 2.24) is 9.97 Å². The minimum absolute atomic E-state index is 0.0440. The molecule has 0 radical (unpaired) electrons. The Bertz CT molecular complexity index is 303. The molecule has 0 aromatic carbocycles. The second-order valence-electron chi connectivity index (χ2n) is 2.54. The van der Waals surface area contributed by atoms with Gasteiger partial charge in [0.2, 0.25) is 0 Å². The molecule has 0 atom stereocenters. The molecule has 0 spiro atoms. The molecular weight excluding hydrogens is 128 g/mol. The summed E-state index contributed by atoms with van der Waals surface area (Å²) in [5.74, 6) is 0.825. The number of nitrogens with zero attached hydrogens (tertiary/aromatic N) is 1. The molecule has 2 bridgehead atoms. The van der Waals surface area contributed by atoms with Crippen molar-refractivity contribution < 1.29 is 0 Å². The van der Waals surface area contributed by atoms with Crippen molar-refractivity contribution in [3.05, 3.63) is 27.9 Å². The molecule has 2 aliphatic heterocycles. The van der Waals surface area contributed by atoms with Crippen molar-refractivity contribution in [2.45, 2.75) is 19.3 Å². The van der Waals surface area contributed by atoms with E-state index in [1.54, 1.807) is 6.20 Å². The smallest absolute Gasteiger partial charge is 0.254 e. The van der Waals surface area contributed by atoms with Crippen LogP contribution in [0.1, 0.15) is 17.8 Å². The van der Waals surface area contributed by atoms with Crippen molar-refractivity contribution in [2.75, 3.05) is 0 Å². The van der Waals surface area contributed by atoms with E-state index in [-0.39, 0.29) is 5.56 Å². The Kier molecular flexibility index (Phi) is 1.09. The van der Waals surface area contributed by atoms with Crippen molar-refractivity contribution in [3.8, 4) is 0 Å². The summed E-state index contributed by atoms with van der Waals surface area (Å²) in [5, 5.41) is 0. The molecule has 0 fully saturated rings. The summed E-state index contributed by atoms with van der Waals surface area (Å²) < 4.78 is 0. The zero-order valence-electron chi connectivity index (χ0n) is 5.55. The molecule has 3 nitrogen and oxygen atoms in total. The summed E-state index contributed by atoms with van der Waals surface area (Å²) in [6.45, 7) is 0. The third-order valence-corrected chi connectivity index (χ3v) is 1.79. The third-order valence-electron chi connectivity index (χ3n) is 1.79. The van der Waals surface area contributed by atoms with Gasteiger partial charge in [0, 0.05) is 18.2 Å². The number of fused-ring (bicyclic) bond motifs is 4. The van der Waals surface area contributed by atoms with Crippen LogP contribution < -0.4 is 5.56 Å². The Morgan fingerprint density at radius 2 is 2.40 bits per heavy atom. The summed E-state index contributed by atoms with van der Waals surface area (Å²) >= 11 is 0. The van der Waals surface area contributed by atoms with Gasteiger partial charge in [0.05, 0.1) is 0 Å². The average molecular weight is 136 g/mol. The maximum Gasteiger partial charge on any atom is 0.254 e. The van der Waals surface area contributed by atoms with Crippen LogP contribution in [0.3, 0.4) is 0 Å². The van der Waals surface area contributed by atoms with Crippen LogP contribution in [0.15, 0.2) is 11.0 Å². The summed E-state index contributed by atoms with van der Waals surface area (Å²) in [7, 11) is 0. The zero-order valence-corrected chi connectivity index (χ0v) is 5.55. The highest BCUT2D eigenvalue weighted by Gasteiger charge is 2.07. The number of aromatic amines is 1. The van der Waals surface area contributed by atoms with E-state index < -0.39 is 0 Å². The van der Waals surface area contributed by atoms with Gasteiger partial charge < -0.3 is 4.98 Å². The first-order valence-corrected chi connectivity index (χ1v) is 3.43. The Morgan fingerprint density at radius 1 is 1.50 bits per heavy atom. The fourth-order valence-electron chi connectivity index (χ4n) is 1.21. The molecule has 3 heteroatoms. The molecule has 3 heterocycles. The van der Waals surface area contributed by atoms with Gasteiger partial charge in [-0.2, -0.15) is 0 Å². The van der Waals surface area contributed by atoms with Crippen LogP contribution in [0, 0.1) is 0 Å². The van der Waals surface area contributed by atoms with Gasteiger partial charge >= 0.3 is 0 Å². The molecule has 0 amide bonds. The quantitative estimate of drug-likeness (QED) is 0.556. The van der Waals surface area contributed by atoms with Gasteiger partial charge in [-0.1, -0.05) is 0 Å². The fraction of sp³-hybridized carbons (Fsp3) is 0.429. The zero-order chi connectivity index (χ0) is 6.97. The number of aryl methyl sites for hydroxylation is 2. The predicted octanol–water partition coefficient (Wildman–Crippen LogP) is 0.259. The molecule has 0 saturated carbocycles. The monoisotopic (exact) mass is 136 g/mol. The second-order valence-corrected chi connectivity index (χ2v) is 2.54. The van der Waals surface area contributed by atoms with Crippen LogP contribution in [-0.4, -0.2) is 9.97 Å². The molecule has 52 valence electrons. The largest absolute Gasteiger partial charge is 0.310 e. The highest BCUT2D eigenvalue weighted by atomic mass is 16.1. The Morgan fingerprint density at radius 3 is 3.20 bits per heavy atom. The lowest BCUT2D eigenvalue weighted by Gasteiger charge is -1.90. The Balaban J connectivity index is 2.70. The van der Waals surface area contributed by atoms with Crippen LogP contribution in [0.2, 0.25) is 0 Å². The van der Waals surface area contributed by atoms with Gasteiger partial charge in [0.15, 0.2) is 0 Å². The number of hydrogen-bond donors (Lipinski definition) is 1. The molecule has 2 aliphatic rings. The van der Waals surface area contributed by atoms with Crippen LogP contribution >= 0.6 is 0 Å². The van der Waals surface area contributed by atoms with E-state index >= 15 is 0 Å². The summed E-state index contributed by atoms with van der Waals surface area (Å²) in [6.07, 6.45) is 4.51. The van der Waals surface area contributed by atoms with E-state index in [2.05, 4.69) is 9.97 Å². The van der Waals surface area contributed by atoms with Crippen LogP contribution in [0.5, 0.6) is 0 Å². The van der Waals surface area contributed by atoms with Crippen molar-refractivity contribution in [3.63, 3.8) is 0 Å². The molecular formula is C7H8N2O. The van der Waals surface area contributed by atoms with Crippen LogP contribution in [-0.2, 0) is 12.8 Å². The minimum atomic E-state index is 0.0440. The number of hydrogen-bond acceptors (Lipinski definition) is 2. The summed E-state index contributed by atoms with van der Waals surface area (Å²) in [6, 6.07) is 0. The molecule has 0 saturated heterocycles. The van der Waals surface area contributed by atoms with Gasteiger partial charge in [-0.3, -0.25) is 4.79 Å². The van der Waals surface area contributed by atoms with E-state index in [1.165, 1.54) is 0 Å². The molecule has 10 heavy (non-hydrogen) atoms. The van der Waals surface area contributed by atoms with E-state index in [9.17, 15) is 4.79 Å². The van der Waals surface area contributed by atoms with E-state index in [1.807, 2.05) is 0 Å². The van der Waals surface area contributed by atoms with E-state index in [0.29, 0.717) is 0 Å². The molecule has 1 aromatic rings. The molecule has 3 rings (SSSR count). The van der Waals surface area contributed by atoms with Crippen molar-refractivity contribution in [1.29, 1.82) is 0 Å². The Hall–Kier alpha value is -1.12. The highest BCUT2D eigenvalue weighted by Crippen LogP contribution is 2.04. The van der Waals surface area contributed by atoms with Crippen LogP contribution in [0.4, 0.5) is 0 Å². The standard InChI is InChI=1S/C7H8N2O/c10-7-5-2-1-3-6(9-7)8-4-5/h4H,1-3H2,(H,8,9,10). The highest BCUT2D eigenvalue weighted by molar-refractivity contribution is 5.09. The molecule has 0 unspecified atom stereocenters. The molecule has 0 aliphatic carbocycles. The normalized spacial score (nSPS) is 15.2. The lowest BCUT2D eigenvalue weighted by Crippen LogP contribution is -2.11. The Labute approximate surface area is 58.1 Å². The first-order valence-electron chi connectivity index (χ1n) is 3.43. The van der Waals surface area contributed by atoms with Gasteiger partial charge in [-0.25, -0.2) is 4.98 Å². The van der Waals surface area contributed by atoms with Crippen molar-refractivity contribution in [2.24, 2.45) is 0 Å². The lowest BCUT2D eigenvalue weighted by atomic mass is 10.2. The summed E-state index contributed by atoms with van der Waals surface area (Å²) in [4.78, 5) is 17.8. The lowest BCUT2D eigenvalue weighted by molar-refractivity contribution is 0.818. The van der Waals surface area contributed by atoms with Gasteiger partial charge in [-0.15, -0.1) is 0 Å². The van der Waals surface area contributed by atoms with Gasteiger partial charge in [-0.05, 0) is 12.8 Å². The minimum Gasteiger partial charge on any atom is -0.310 e. The second kappa shape index (κ2) is 1.94. The number of rotatable bonds is 0. The van der Waals surface area contributed by atoms with E-state index in [0.717, 1.165) is 30.7 Å². The number of H-pyrrole nitrogens is 1. The average Bonchev–Trinajstić information content (AvgIpc) is 2.20. The third kappa shape index (κ3) is 0.744. The fourth-order valence-corrected chi connectivity index (χ4v) is 1.21. The maximum atomic E-state index is 11.0. The summed E-state index contributed by atoms with van der Waals surface area (Å²) in [5.41, 5.74) is 0.865. The molecule has 1 N–H and O–H groups in total. The first kappa shape index (κ1) is 5.65. The number of aromatic nitrogens is 2. The van der Waals surface area contributed by atoms with Gasteiger partial charge in [0.1, 0.15) is 5.82 Å². The topological polar surface area (TPSA) is 45.8 Å². The SMILES string of the molecule is O=c1[nH]c2ncc1CCC2. The number of nitrogens with one attached hydrogen (secondary N) is 1. The van der Waals surface area contributed by atoms with Crippen molar-refractivity contribution >= 4 is 0 Å². The van der Waals surface area contributed by atoms with Gasteiger partial charge in [0.25, 0.3) is 5.56 Å². The first-order chi connectivity index (χ1) is 4.86. The molecule has 1 aromatic heterocycles. The van der Waals surface area contributed by atoms with Crippen LogP contribution in [0.25, 0.3) is 0 Å².